The molecule has 0 aliphatic heterocycles. The molecule has 5 nitrogen and oxygen atoms in total. The van der Waals surface area contributed by atoms with Crippen LogP contribution in [0.25, 0.3) is 11.3 Å². The Morgan fingerprint density at radius 1 is 1.28 bits per heavy atom. The lowest BCUT2D eigenvalue weighted by molar-refractivity contribution is -0.141. The third kappa shape index (κ3) is 4.45. The van der Waals surface area contributed by atoms with Crippen LogP contribution in [0.3, 0.4) is 0 Å². The summed E-state index contributed by atoms with van der Waals surface area (Å²) in [5.74, 6) is -0.200. The quantitative estimate of drug-likeness (QED) is 0.776. The van der Waals surface area contributed by atoms with Crippen molar-refractivity contribution in [2.75, 3.05) is 6.67 Å². The highest BCUT2D eigenvalue weighted by Crippen LogP contribution is 2.32. The predicted octanol–water partition coefficient (Wildman–Crippen LogP) is 3.31. The van der Waals surface area contributed by atoms with Crippen LogP contribution in [-0.2, 0) is 4.79 Å². The average molecular weight is 347 g/mol. The third-order valence-electron chi connectivity index (χ3n) is 4.11. The Labute approximate surface area is 147 Å². The van der Waals surface area contributed by atoms with Gasteiger partial charge in [-0.3, -0.25) is 4.79 Å². The van der Waals surface area contributed by atoms with Crippen LogP contribution in [-0.4, -0.2) is 33.3 Å². The van der Waals surface area contributed by atoms with Crippen LogP contribution in [0.2, 0.25) is 0 Å². The van der Waals surface area contributed by atoms with Crippen LogP contribution < -0.4 is 5.32 Å². The molecule has 1 aromatic carbocycles. The number of hydrogen-bond donors (Lipinski definition) is 3. The molecule has 1 unspecified atom stereocenters. The number of nitrogens with zero attached hydrogens (tertiary/aromatic N) is 1. The number of alkyl halides is 1. The first kappa shape index (κ1) is 19.1. The lowest BCUT2D eigenvalue weighted by Crippen LogP contribution is -2.49. The van der Waals surface area contributed by atoms with E-state index in [2.05, 4.69) is 15.3 Å². The minimum absolute atomic E-state index is 0.384. The van der Waals surface area contributed by atoms with Gasteiger partial charge in [0.25, 0.3) is 5.91 Å². The molecule has 6 heteroatoms. The summed E-state index contributed by atoms with van der Waals surface area (Å²) < 4.78 is 12.9. The Morgan fingerprint density at radius 3 is 2.40 bits per heavy atom. The molecule has 0 saturated carbocycles. The number of aliphatic hydroxyl groups is 1. The number of amides is 1. The summed E-state index contributed by atoms with van der Waals surface area (Å²) in [6.07, 6.45) is 1.78. The summed E-state index contributed by atoms with van der Waals surface area (Å²) in [6.45, 7) is 7.84. The maximum absolute atomic E-state index is 12.9. The molecule has 0 fully saturated rings. The fraction of sp³-hybridized carbons (Fsp3) is 0.474. The van der Waals surface area contributed by atoms with E-state index in [1.807, 2.05) is 52.0 Å². The van der Waals surface area contributed by atoms with E-state index in [1.54, 1.807) is 6.20 Å². The van der Waals surface area contributed by atoms with E-state index in [9.17, 15) is 14.3 Å². The van der Waals surface area contributed by atoms with E-state index < -0.39 is 24.2 Å². The lowest BCUT2D eigenvalue weighted by Gasteiger charge is -2.32. The van der Waals surface area contributed by atoms with Gasteiger partial charge in [-0.2, -0.15) is 0 Å². The fourth-order valence-corrected chi connectivity index (χ4v) is 2.40. The van der Waals surface area contributed by atoms with Gasteiger partial charge in [-0.1, -0.05) is 50.6 Å². The fourth-order valence-electron chi connectivity index (χ4n) is 2.40. The lowest BCUT2D eigenvalue weighted by atomic mass is 9.85. The smallest absolute Gasteiger partial charge is 0.255 e. The van der Waals surface area contributed by atoms with E-state index in [1.165, 1.54) is 0 Å². The number of nitrogens with one attached hydrogen (secondary N) is 2. The highest BCUT2D eigenvalue weighted by atomic mass is 19.1. The molecular weight excluding hydrogens is 321 g/mol. The van der Waals surface area contributed by atoms with Crippen molar-refractivity contribution in [3.63, 3.8) is 0 Å². The molecule has 0 radical (unpaired) electrons. The molecule has 1 amide bonds. The normalized spacial score (nSPS) is 15.5. The third-order valence-corrected chi connectivity index (χ3v) is 4.11. The molecule has 1 heterocycles. The number of halogens is 1. The zero-order valence-electron chi connectivity index (χ0n) is 15.4. The van der Waals surface area contributed by atoms with Crippen molar-refractivity contribution in [2.24, 2.45) is 5.41 Å². The molecule has 2 atom stereocenters. The molecule has 1 aromatic heterocycles. The van der Waals surface area contributed by atoms with Gasteiger partial charge in [0.1, 0.15) is 12.5 Å². The highest BCUT2D eigenvalue weighted by Gasteiger charge is 2.37. The molecule has 2 rings (SSSR count). The van der Waals surface area contributed by atoms with Gasteiger partial charge in [0.2, 0.25) is 0 Å². The number of aromatic nitrogens is 2. The van der Waals surface area contributed by atoms with Gasteiger partial charge in [-0.05, 0) is 19.3 Å². The van der Waals surface area contributed by atoms with Crippen molar-refractivity contribution in [3.8, 4) is 11.3 Å². The Hall–Kier alpha value is -2.21. The molecule has 0 spiro atoms. The van der Waals surface area contributed by atoms with E-state index in [-0.39, 0.29) is 5.41 Å². The maximum Gasteiger partial charge on any atom is 0.255 e. The number of rotatable bonds is 5. The number of aromatic amines is 1. The molecule has 2 aromatic rings. The van der Waals surface area contributed by atoms with Crippen LogP contribution in [0.15, 0.2) is 30.5 Å². The number of hydrogen-bond acceptors (Lipinski definition) is 3. The van der Waals surface area contributed by atoms with E-state index in [0.717, 1.165) is 23.7 Å². The number of carbonyl (C=O) groups excluding carboxylic acids is 1. The zero-order chi connectivity index (χ0) is 18.8. The van der Waals surface area contributed by atoms with Crippen LogP contribution in [0, 0.1) is 12.3 Å². The summed E-state index contributed by atoms with van der Waals surface area (Å²) in [7, 11) is 0. The summed E-state index contributed by atoms with van der Waals surface area (Å²) >= 11 is 0. The molecule has 25 heavy (non-hydrogen) atoms. The van der Waals surface area contributed by atoms with E-state index in [0.29, 0.717) is 5.82 Å². The molecule has 3 N–H and O–H groups in total. The Kier molecular flexibility index (Phi) is 5.32. The minimum atomic E-state index is -2.06. The Balaban J connectivity index is 2.31. The summed E-state index contributed by atoms with van der Waals surface area (Å²) in [4.78, 5) is 19.9. The molecule has 0 aliphatic carbocycles. The van der Waals surface area contributed by atoms with E-state index in [4.69, 9.17) is 0 Å². The Morgan fingerprint density at radius 2 is 1.88 bits per heavy atom. The molecule has 0 bridgehead atoms. The number of imidazole rings is 1. The topological polar surface area (TPSA) is 78.0 Å². The first-order chi connectivity index (χ1) is 11.5. The number of carbonyl (C=O) groups is 1. The van der Waals surface area contributed by atoms with E-state index >= 15 is 0 Å². The summed E-state index contributed by atoms with van der Waals surface area (Å²) in [5.41, 5.74) is 0.437. The summed E-state index contributed by atoms with van der Waals surface area (Å²) in [5, 5.41) is 12.6. The van der Waals surface area contributed by atoms with Crippen molar-refractivity contribution < 1.29 is 14.3 Å². The van der Waals surface area contributed by atoms with Crippen molar-refractivity contribution in [2.45, 2.75) is 46.3 Å². The predicted molar refractivity (Wildman–Crippen MR) is 95.7 cm³/mol. The second-order valence-electron chi connectivity index (χ2n) is 7.72. The minimum Gasteiger partial charge on any atom is -0.378 e. The van der Waals surface area contributed by atoms with Gasteiger partial charge in [0.15, 0.2) is 5.60 Å². The van der Waals surface area contributed by atoms with Gasteiger partial charge in [-0.25, -0.2) is 9.37 Å². The number of H-pyrrole nitrogens is 1. The molecule has 0 saturated heterocycles. The largest absolute Gasteiger partial charge is 0.378 e. The monoisotopic (exact) mass is 347 g/mol. The average Bonchev–Trinajstić information content (AvgIpc) is 3.01. The molecular formula is C19H26FN3O2. The highest BCUT2D eigenvalue weighted by molar-refractivity contribution is 5.85. The zero-order valence-corrected chi connectivity index (χ0v) is 15.4. The van der Waals surface area contributed by atoms with Crippen molar-refractivity contribution in [3.05, 3.63) is 41.9 Å². The first-order valence-electron chi connectivity index (χ1n) is 8.26. The van der Waals surface area contributed by atoms with Gasteiger partial charge in [0, 0.05) is 11.8 Å². The van der Waals surface area contributed by atoms with Crippen molar-refractivity contribution in [1.29, 1.82) is 0 Å². The van der Waals surface area contributed by atoms with Gasteiger partial charge >= 0.3 is 0 Å². The van der Waals surface area contributed by atoms with Crippen molar-refractivity contribution >= 4 is 5.91 Å². The summed E-state index contributed by atoms with van der Waals surface area (Å²) in [6, 6.07) is 7.47. The van der Waals surface area contributed by atoms with Crippen LogP contribution in [0.5, 0.6) is 0 Å². The van der Waals surface area contributed by atoms with Gasteiger partial charge in [-0.15, -0.1) is 0 Å². The molecule has 0 aliphatic rings. The van der Waals surface area contributed by atoms with Crippen LogP contribution in [0.4, 0.5) is 4.39 Å². The second-order valence-corrected chi connectivity index (χ2v) is 7.72. The molecule has 136 valence electrons. The van der Waals surface area contributed by atoms with Gasteiger partial charge < -0.3 is 15.4 Å². The van der Waals surface area contributed by atoms with Crippen LogP contribution in [0.1, 0.15) is 45.1 Å². The van der Waals surface area contributed by atoms with Gasteiger partial charge in [0.05, 0.1) is 11.7 Å². The first-order valence-corrected chi connectivity index (χ1v) is 8.26. The maximum atomic E-state index is 12.9. The number of aryl methyl sites for hydroxylation is 1. The van der Waals surface area contributed by atoms with Crippen LogP contribution >= 0.6 is 0 Å². The van der Waals surface area contributed by atoms with Crippen molar-refractivity contribution in [1.82, 2.24) is 15.3 Å². The number of benzene rings is 1. The second kappa shape index (κ2) is 6.96. The Bertz CT molecular complexity index is 730. The standard InChI is InChI=1S/C19H26FN3O2/c1-12-6-8-13(9-7-12)14-10-21-16(22-14)15(18(2,3)4)23-17(24)19(5,25)11-20/h6-10,15,25H,11H2,1-5H3,(H,21,22)(H,23,24)/t15-,19?/m1/s1. The SMILES string of the molecule is Cc1ccc(-c2c[nH]c([C@@H](NC(=O)C(C)(O)CF)C(C)(C)C)n2)cc1.